The van der Waals surface area contributed by atoms with Crippen LogP contribution in [0.3, 0.4) is 0 Å². The lowest BCUT2D eigenvalue weighted by molar-refractivity contribution is -0.137. The molecule has 1 aliphatic rings. The highest BCUT2D eigenvalue weighted by molar-refractivity contribution is 5.89. The lowest BCUT2D eigenvalue weighted by Crippen LogP contribution is -2.46. The molecule has 4 rings (SSSR count). The highest BCUT2D eigenvalue weighted by atomic mass is 19.4. The fourth-order valence-electron chi connectivity index (χ4n) is 3.76. The molecule has 2 heterocycles. The third-order valence-electron chi connectivity index (χ3n) is 5.40. The number of likely N-dealkylation sites (tertiary alicyclic amines) is 1. The number of carbonyl (C=O) groups excluding carboxylic acids is 1. The molecule has 3 aromatic rings. The van der Waals surface area contributed by atoms with Crippen molar-refractivity contribution in [2.45, 2.75) is 31.1 Å². The third kappa shape index (κ3) is 4.40. The largest absolute Gasteiger partial charge is 0.416 e. The summed E-state index contributed by atoms with van der Waals surface area (Å²) in [7, 11) is 2.02. The Kier molecular flexibility index (Phi) is 5.38. The van der Waals surface area contributed by atoms with Crippen LogP contribution in [0.5, 0.6) is 0 Å². The Morgan fingerprint density at radius 3 is 2.60 bits per heavy atom. The average Bonchev–Trinajstić information content (AvgIpc) is 3.13. The van der Waals surface area contributed by atoms with E-state index in [1.165, 1.54) is 12.1 Å². The van der Waals surface area contributed by atoms with Gasteiger partial charge in [0.05, 0.1) is 22.6 Å². The highest BCUT2D eigenvalue weighted by Gasteiger charge is 2.31. The molecule has 2 atom stereocenters. The van der Waals surface area contributed by atoms with Gasteiger partial charge in [0.25, 0.3) is 0 Å². The molecule has 0 aliphatic carbocycles. The van der Waals surface area contributed by atoms with Crippen molar-refractivity contribution in [3.05, 3.63) is 59.9 Å². The van der Waals surface area contributed by atoms with Crippen LogP contribution in [-0.2, 0) is 6.18 Å². The second-order valence-electron chi connectivity index (χ2n) is 7.53. The van der Waals surface area contributed by atoms with E-state index in [9.17, 15) is 18.0 Å². The minimum Gasteiger partial charge on any atom is -0.341 e. The molecule has 0 saturated carbocycles. The van der Waals surface area contributed by atoms with Gasteiger partial charge in [0.2, 0.25) is 0 Å². The number of piperidine rings is 1. The summed E-state index contributed by atoms with van der Waals surface area (Å²) in [6, 6.07) is 11.7. The van der Waals surface area contributed by atoms with Gasteiger partial charge in [0.1, 0.15) is 5.82 Å². The molecule has 6 nitrogen and oxygen atoms in total. The van der Waals surface area contributed by atoms with Crippen molar-refractivity contribution >= 4 is 22.8 Å². The molecule has 0 spiro atoms. The van der Waals surface area contributed by atoms with Crippen molar-refractivity contribution in [1.82, 2.24) is 20.2 Å². The summed E-state index contributed by atoms with van der Waals surface area (Å²) in [5.41, 5.74) is 1.42. The first-order chi connectivity index (χ1) is 14.3. The minimum absolute atomic E-state index is 0.0301. The van der Waals surface area contributed by atoms with Gasteiger partial charge >= 0.3 is 12.2 Å². The highest BCUT2D eigenvalue weighted by Crippen LogP contribution is 2.31. The first-order valence-electron chi connectivity index (χ1n) is 9.69. The number of nitrogens with zero attached hydrogens (tertiary/aromatic N) is 2. The van der Waals surface area contributed by atoms with Crippen molar-refractivity contribution in [1.29, 1.82) is 0 Å². The molecule has 1 aromatic heterocycles. The number of carbonyl (C=O) groups is 1. The number of para-hydroxylation sites is 2. The second-order valence-corrected chi connectivity index (χ2v) is 7.53. The second kappa shape index (κ2) is 7.98. The number of halogens is 3. The number of hydrogen-bond donors (Lipinski definition) is 3. The lowest BCUT2D eigenvalue weighted by Gasteiger charge is -2.36. The third-order valence-corrected chi connectivity index (χ3v) is 5.40. The molecular formula is C21H22F3N5O. The van der Waals surface area contributed by atoms with Crippen LogP contribution in [-0.4, -0.2) is 40.5 Å². The first kappa shape index (κ1) is 20.2. The SMILES string of the molecule is CN1CCC(NC(=O)Nc2ccc(C(F)(F)F)cc2)C[C@@H]1c1nc2ccccc2[nH]1. The van der Waals surface area contributed by atoms with Crippen molar-refractivity contribution in [2.75, 3.05) is 18.9 Å². The number of benzene rings is 2. The smallest absolute Gasteiger partial charge is 0.341 e. The zero-order valence-electron chi connectivity index (χ0n) is 16.3. The van der Waals surface area contributed by atoms with E-state index in [2.05, 4.69) is 25.5 Å². The number of nitrogens with one attached hydrogen (secondary N) is 3. The number of aromatic amines is 1. The van der Waals surface area contributed by atoms with Crippen molar-refractivity contribution in [3.63, 3.8) is 0 Å². The number of rotatable bonds is 3. The lowest BCUT2D eigenvalue weighted by atomic mass is 9.97. The quantitative estimate of drug-likeness (QED) is 0.586. The average molecular weight is 417 g/mol. The van der Waals surface area contributed by atoms with E-state index in [1.54, 1.807) is 0 Å². The summed E-state index contributed by atoms with van der Waals surface area (Å²) in [5, 5.41) is 5.53. The monoisotopic (exact) mass is 417 g/mol. The number of aromatic nitrogens is 2. The van der Waals surface area contributed by atoms with Crippen LogP contribution in [0.4, 0.5) is 23.7 Å². The minimum atomic E-state index is -4.40. The van der Waals surface area contributed by atoms with Crippen LogP contribution in [0, 0.1) is 0 Å². The van der Waals surface area contributed by atoms with Gasteiger partial charge in [0, 0.05) is 18.3 Å². The zero-order valence-corrected chi connectivity index (χ0v) is 16.3. The van der Waals surface area contributed by atoms with E-state index < -0.39 is 17.8 Å². The van der Waals surface area contributed by atoms with Gasteiger partial charge in [-0.05, 0) is 56.3 Å². The number of amides is 2. The number of imidazole rings is 1. The Hall–Kier alpha value is -3.07. The molecular weight excluding hydrogens is 395 g/mol. The van der Waals surface area contributed by atoms with Crippen LogP contribution >= 0.6 is 0 Å². The molecule has 2 amide bonds. The van der Waals surface area contributed by atoms with Crippen LogP contribution in [0.2, 0.25) is 0 Å². The van der Waals surface area contributed by atoms with E-state index in [1.807, 2.05) is 31.3 Å². The van der Waals surface area contributed by atoms with E-state index in [4.69, 9.17) is 0 Å². The number of fused-ring (bicyclic) bond motifs is 1. The number of hydrogen-bond acceptors (Lipinski definition) is 3. The van der Waals surface area contributed by atoms with Crippen molar-refractivity contribution < 1.29 is 18.0 Å². The van der Waals surface area contributed by atoms with Gasteiger partial charge < -0.3 is 15.6 Å². The fraction of sp³-hybridized carbons (Fsp3) is 0.333. The Morgan fingerprint density at radius 2 is 1.90 bits per heavy atom. The molecule has 30 heavy (non-hydrogen) atoms. The van der Waals surface area contributed by atoms with Gasteiger partial charge in [-0.15, -0.1) is 0 Å². The molecule has 1 fully saturated rings. The molecule has 158 valence electrons. The first-order valence-corrected chi connectivity index (χ1v) is 9.69. The fourth-order valence-corrected chi connectivity index (χ4v) is 3.76. The van der Waals surface area contributed by atoms with E-state index >= 15 is 0 Å². The predicted molar refractivity (Wildman–Crippen MR) is 108 cm³/mol. The maximum Gasteiger partial charge on any atom is 0.416 e. The van der Waals surface area contributed by atoms with Crippen LogP contribution in [0.15, 0.2) is 48.5 Å². The van der Waals surface area contributed by atoms with Gasteiger partial charge in [-0.3, -0.25) is 4.90 Å². The van der Waals surface area contributed by atoms with Gasteiger partial charge in [-0.1, -0.05) is 12.1 Å². The molecule has 1 aliphatic heterocycles. The standard InChI is InChI=1S/C21H22F3N5O/c1-29-11-10-15(12-18(29)19-27-16-4-2-3-5-17(16)28-19)26-20(30)25-14-8-6-13(7-9-14)21(22,23)24/h2-9,15,18H,10-12H2,1H3,(H,27,28)(H2,25,26,30)/t15?,18-/m1/s1. The van der Waals surface area contributed by atoms with Crippen molar-refractivity contribution in [3.8, 4) is 0 Å². The summed E-state index contributed by atoms with van der Waals surface area (Å²) in [6.07, 6.45) is -2.95. The molecule has 3 N–H and O–H groups in total. The van der Waals surface area contributed by atoms with Gasteiger partial charge in [-0.25, -0.2) is 9.78 Å². The number of anilines is 1. The normalized spacial score (nSPS) is 20.3. The summed E-state index contributed by atoms with van der Waals surface area (Å²) < 4.78 is 38.0. The summed E-state index contributed by atoms with van der Waals surface area (Å²) in [4.78, 5) is 22.6. The molecule has 9 heteroatoms. The topological polar surface area (TPSA) is 73.1 Å². The maximum absolute atomic E-state index is 12.7. The molecule has 2 aromatic carbocycles. The Labute approximate surface area is 171 Å². The Morgan fingerprint density at radius 1 is 1.17 bits per heavy atom. The Balaban J connectivity index is 1.39. The van der Waals surface area contributed by atoms with E-state index in [0.29, 0.717) is 12.1 Å². The molecule has 0 bridgehead atoms. The Bertz CT molecular complexity index is 998. The molecule has 1 unspecified atom stereocenters. The predicted octanol–water partition coefficient (Wildman–Crippen LogP) is 4.54. The van der Waals surface area contributed by atoms with Crippen LogP contribution in [0.25, 0.3) is 11.0 Å². The summed E-state index contributed by atoms with van der Waals surface area (Å²) in [5.74, 6) is 0.855. The maximum atomic E-state index is 12.7. The summed E-state index contributed by atoms with van der Waals surface area (Å²) >= 11 is 0. The zero-order chi connectivity index (χ0) is 21.3. The molecule has 1 saturated heterocycles. The van der Waals surface area contributed by atoms with E-state index in [-0.39, 0.29) is 12.1 Å². The summed E-state index contributed by atoms with van der Waals surface area (Å²) in [6.45, 7) is 0.785. The number of urea groups is 1. The number of alkyl halides is 3. The number of H-pyrrole nitrogens is 1. The van der Waals surface area contributed by atoms with Crippen LogP contribution < -0.4 is 10.6 Å². The molecule has 0 radical (unpaired) electrons. The van der Waals surface area contributed by atoms with Crippen LogP contribution in [0.1, 0.15) is 30.3 Å². The van der Waals surface area contributed by atoms with Gasteiger partial charge in [0.15, 0.2) is 0 Å². The van der Waals surface area contributed by atoms with Gasteiger partial charge in [-0.2, -0.15) is 13.2 Å². The van der Waals surface area contributed by atoms with E-state index in [0.717, 1.165) is 42.0 Å². The van der Waals surface area contributed by atoms with Crippen molar-refractivity contribution in [2.24, 2.45) is 0 Å².